The largest absolute Gasteiger partial charge is 0.507 e. The first-order valence-corrected chi connectivity index (χ1v) is 14.2. The lowest BCUT2D eigenvalue weighted by molar-refractivity contribution is 0.101. The lowest BCUT2D eigenvalue weighted by Gasteiger charge is -2.08. The van der Waals surface area contributed by atoms with Crippen LogP contribution in [0, 0.1) is 0 Å². The third-order valence-corrected chi connectivity index (χ3v) is 7.38. The number of imidazole rings is 1. The summed E-state index contributed by atoms with van der Waals surface area (Å²) < 4.78 is 0. The fourth-order valence-electron chi connectivity index (χ4n) is 4.55. The molecule has 220 valence electrons. The molecular formula is C35H25ClN6O3. The van der Waals surface area contributed by atoms with Gasteiger partial charge in [0.25, 0.3) is 11.8 Å². The van der Waals surface area contributed by atoms with E-state index in [2.05, 4.69) is 37.3 Å². The molecule has 0 fully saturated rings. The van der Waals surface area contributed by atoms with E-state index < -0.39 is 0 Å². The van der Waals surface area contributed by atoms with E-state index in [1.807, 2.05) is 18.2 Å². The molecule has 0 saturated carbocycles. The number of H-pyrrole nitrogens is 1. The average Bonchev–Trinajstić information content (AvgIpc) is 3.51. The van der Waals surface area contributed by atoms with Gasteiger partial charge in [-0.1, -0.05) is 23.7 Å². The Labute approximate surface area is 263 Å². The highest BCUT2D eigenvalue weighted by atomic mass is 35.5. The van der Waals surface area contributed by atoms with E-state index >= 15 is 0 Å². The predicted molar refractivity (Wildman–Crippen MR) is 180 cm³/mol. The third-order valence-electron chi connectivity index (χ3n) is 6.99. The van der Waals surface area contributed by atoms with Gasteiger partial charge in [0.2, 0.25) is 0 Å². The number of nitrogens with zero attached hydrogens (tertiary/aromatic N) is 3. The Morgan fingerprint density at radius 1 is 0.800 bits per heavy atom. The summed E-state index contributed by atoms with van der Waals surface area (Å²) in [4.78, 5) is 41.7. The van der Waals surface area contributed by atoms with Crippen LogP contribution in [-0.4, -0.2) is 39.8 Å². The Hall–Kier alpha value is -6.06. The summed E-state index contributed by atoms with van der Waals surface area (Å²) in [5.41, 5.74) is 5.91. The second-order valence-corrected chi connectivity index (χ2v) is 10.3. The number of rotatable bonds is 8. The minimum Gasteiger partial charge on any atom is -0.507 e. The molecule has 1 heterocycles. The standard InChI is InChI=1S/C35H25ClN6O3/c1-37-25-12-8-22(9-13-25)34(44)39-27-16-6-21(7-17-27)33-40-29-19-18-28(31(36)32(29)42-33)41-35(45)23-10-14-26(15-11-23)38-20-24-4-2-3-5-30(24)43/h2-20,43H,1H2,(H,39,44)(H,40,42)(H,41,45). The monoisotopic (exact) mass is 612 g/mol. The Kier molecular flexibility index (Phi) is 8.17. The fraction of sp³-hybridized carbons (Fsp3) is 0. The van der Waals surface area contributed by atoms with Gasteiger partial charge in [-0.3, -0.25) is 19.6 Å². The second-order valence-electron chi connectivity index (χ2n) is 9.96. The third kappa shape index (κ3) is 6.48. The summed E-state index contributed by atoms with van der Waals surface area (Å²) in [6.07, 6.45) is 1.56. The molecule has 0 radical (unpaired) electrons. The van der Waals surface area contributed by atoms with Gasteiger partial charge in [0, 0.05) is 34.2 Å². The van der Waals surface area contributed by atoms with E-state index in [1.165, 1.54) is 0 Å². The lowest BCUT2D eigenvalue weighted by atomic mass is 10.1. The number of hydrogen-bond acceptors (Lipinski definition) is 6. The molecule has 45 heavy (non-hydrogen) atoms. The van der Waals surface area contributed by atoms with Crippen LogP contribution in [-0.2, 0) is 0 Å². The molecule has 4 N–H and O–H groups in total. The summed E-state index contributed by atoms with van der Waals surface area (Å²) in [5.74, 6) is 0.149. The topological polar surface area (TPSA) is 132 Å². The molecule has 5 aromatic carbocycles. The first-order valence-electron chi connectivity index (χ1n) is 13.8. The van der Waals surface area contributed by atoms with Gasteiger partial charge in [-0.05, 0) is 104 Å². The molecule has 0 aliphatic carbocycles. The van der Waals surface area contributed by atoms with Crippen LogP contribution in [0.15, 0.2) is 119 Å². The number of amides is 2. The van der Waals surface area contributed by atoms with Crippen molar-refractivity contribution in [3.8, 4) is 17.1 Å². The molecule has 0 atom stereocenters. The normalized spacial score (nSPS) is 11.0. The smallest absolute Gasteiger partial charge is 0.255 e. The maximum absolute atomic E-state index is 13.0. The van der Waals surface area contributed by atoms with Gasteiger partial charge < -0.3 is 20.7 Å². The van der Waals surface area contributed by atoms with Crippen LogP contribution in [0.2, 0.25) is 5.02 Å². The molecule has 0 spiro atoms. The minimum absolute atomic E-state index is 0.138. The van der Waals surface area contributed by atoms with Gasteiger partial charge in [0.15, 0.2) is 0 Å². The fourth-order valence-corrected chi connectivity index (χ4v) is 4.80. The quantitative estimate of drug-likeness (QED) is 0.129. The number of halogens is 1. The number of anilines is 2. The van der Waals surface area contributed by atoms with E-state index in [0.717, 1.165) is 5.56 Å². The molecule has 6 rings (SSSR count). The zero-order valence-corrected chi connectivity index (χ0v) is 24.4. The zero-order valence-electron chi connectivity index (χ0n) is 23.7. The number of phenolic OH excluding ortho intramolecular Hbond substituents is 1. The summed E-state index contributed by atoms with van der Waals surface area (Å²) in [6, 6.07) is 31.2. The molecule has 9 nitrogen and oxygen atoms in total. The van der Waals surface area contributed by atoms with E-state index in [0.29, 0.717) is 61.3 Å². The van der Waals surface area contributed by atoms with Gasteiger partial charge in [-0.25, -0.2) is 4.98 Å². The first-order chi connectivity index (χ1) is 21.9. The number of aromatic nitrogens is 2. The highest BCUT2D eigenvalue weighted by Gasteiger charge is 2.15. The van der Waals surface area contributed by atoms with Crippen molar-refractivity contribution in [3.63, 3.8) is 0 Å². The van der Waals surface area contributed by atoms with Crippen molar-refractivity contribution in [3.05, 3.63) is 131 Å². The number of benzene rings is 5. The van der Waals surface area contributed by atoms with Crippen LogP contribution >= 0.6 is 11.6 Å². The van der Waals surface area contributed by atoms with Crippen molar-refractivity contribution in [2.24, 2.45) is 9.98 Å². The number of phenols is 1. The summed E-state index contributed by atoms with van der Waals surface area (Å²) in [7, 11) is 0. The van der Waals surface area contributed by atoms with Gasteiger partial charge >= 0.3 is 0 Å². The van der Waals surface area contributed by atoms with Gasteiger partial charge in [0.05, 0.1) is 33.1 Å². The number of para-hydroxylation sites is 1. The molecule has 10 heteroatoms. The number of aliphatic imine (C=N–C) groups is 2. The maximum atomic E-state index is 13.0. The Balaban J connectivity index is 1.13. The second kappa shape index (κ2) is 12.7. The molecule has 6 aromatic rings. The van der Waals surface area contributed by atoms with Crippen LogP contribution < -0.4 is 10.6 Å². The first kappa shape index (κ1) is 29.0. The molecule has 2 amide bonds. The highest BCUT2D eigenvalue weighted by Crippen LogP contribution is 2.32. The number of fused-ring (bicyclic) bond motifs is 1. The zero-order chi connectivity index (χ0) is 31.3. The average molecular weight is 613 g/mol. The van der Waals surface area contributed by atoms with Crippen LogP contribution in [0.4, 0.5) is 22.7 Å². The van der Waals surface area contributed by atoms with E-state index in [1.54, 1.807) is 97.2 Å². The molecule has 0 aliphatic rings. The Bertz CT molecular complexity index is 2070. The van der Waals surface area contributed by atoms with Gasteiger partial charge in [0.1, 0.15) is 11.6 Å². The molecule has 0 aliphatic heterocycles. The van der Waals surface area contributed by atoms with Crippen LogP contribution in [0.1, 0.15) is 26.3 Å². The van der Waals surface area contributed by atoms with Crippen LogP contribution in [0.3, 0.4) is 0 Å². The summed E-state index contributed by atoms with van der Waals surface area (Å²) in [5, 5.41) is 16.0. The number of carbonyl (C=O) groups is 2. The number of nitrogens with one attached hydrogen (secondary N) is 3. The predicted octanol–water partition coefficient (Wildman–Crippen LogP) is 8.18. The molecular weight excluding hydrogens is 588 g/mol. The number of aromatic hydroxyl groups is 1. The molecule has 1 aromatic heterocycles. The number of hydrogen-bond donors (Lipinski definition) is 4. The van der Waals surface area contributed by atoms with Crippen molar-refractivity contribution in [1.29, 1.82) is 0 Å². The van der Waals surface area contributed by atoms with E-state index in [-0.39, 0.29) is 17.6 Å². The van der Waals surface area contributed by atoms with Crippen molar-refractivity contribution in [2.45, 2.75) is 0 Å². The van der Waals surface area contributed by atoms with Crippen molar-refractivity contribution in [2.75, 3.05) is 10.6 Å². The number of carbonyl (C=O) groups excluding carboxylic acids is 2. The maximum Gasteiger partial charge on any atom is 0.255 e. The SMILES string of the molecule is C=Nc1ccc(C(=O)Nc2ccc(-c3nc4ccc(NC(=O)c5ccc(N=Cc6ccccc6O)cc5)c(Cl)c4[nH]3)cc2)cc1. The van der Waals surface area contributed by atoms with E-state index in [4.69, 9.17) is 11.6 Å². The minimum atomic E-state index is -0.335. The van der Waals surface area contributed by atoms with Crippen molar-refractivity contribution < 1.29 is 14.7 Å². The molecule has 0 saturated heterocycles. The molecule has 0 unspecified atom stereocenters. The van der Waals surface area contributed by atoms with Crippen molar-refractivity contribution in [1.82, 2.24) is 9.97 Å². The van der Waals surface area contributed by atoms with Gasteiger partial charge in [-0.2, -0.15) is 0 Å². The Morgan fingerprint density at radius 3 is 2.11 bits per heavy atom. The Morgan fingerprint density at radius 2 is 1.44 bits per heavy atom. The van der Waals surface area contributed by atoms with E-state index in [9.17, 15) is 14.7 Å². The summed E-state index contributed by atoms with van der Waals surface area (Å²) in [6.45, 7) is 3.48. The molecule has 0 bridgehead atoms. The van der Waals surface area contributed by atoms with Crippen molar-refractivity contribution >= 4 is 70.1 Å². The number of aromatic amines is 1. The van der Waals surface area contributed by atoms with Gasteiger partial charge in [-0.15, -0.1) is 0 Å². The van der Waals surface area contributed by atoms with Crippen LogP contribution in [0.5, 0.6) is 5.75 Å². The van der Waals surface area contributed by atoms with Crippen LogP contribution in [0.25, 0.3) is 22.4 Å². The lowest BCUT2D eigenvalue weighted by Crippen LogP contribution is -2.12. The summed E-state index contributed by atoms with van der Waals surface area (Å²) >= 11 is 6.69. The highest BCUT2D eigenvalue weighted by molar-refractivity contribution is 6.38.